The van der Waals surface area contributed by atoms with Crippen LogP contribution < -0.4 is 5.32 Å². The number of hydrogen-bond donors (Lipinski definition) is 1. The molecule has 2 fully saturated rings. The van der Waals surface area contributed by atoms with Gasteiger partial charge in [0.1, 0.15) is 0 Å². The van der Waals surface area contributed by atoms with Gasteiger partial charge >= 0.3 is 6.03 Å². The Kier molecular flexibility index (Phi) is 4.97. The van der Waals surface area contributed by atoms with E-state index in [1.807, 2.05) is 9.80 Å². The maximum Gasteiger partial charge on any atom is 0.317 e. The van der Waals surface area contributed by atoms with Crippen molar-refractivity contribution in [2.45, 2.75) is 25.7 Å². The fraction of sp³-hybridized carbons (Fsp3) is 0.625. The molecule has 1 aliphatic carbocycles. The van der Waals surface area contributed by atoms with Crippen LogP contribution in [0, 0.1) is 5.92 Å². The van der Waals surface area contributed by atoms with Crippen LogP contribution in [-0.2, 0) is 11.2 Å². The number of nitrogens with one attached hydrogen (secondary N) is 1. The Bertz CT molecular complexity index is 513. The minimum absolute atomic E-state index is 0.00375. The average Bonchev–Trinajstić information content (AvgIpc) is 3.29. The van der Waals surface area contributed by atoms with Gasteiger partial charge < -0.3 is 15.1 Å². The van der Waals surface area contributed by atoms with Crippen LogP contribution in [0.1, 0.15) is 24.8 Å². The summed E-state index contributed by atoms with van der Waals surface area (Å²) in [5, 5.41) is 7.15. The van der Waals surface area contributed by atoms with Crippen molar-refractivity contribution in [1.29, 1.82) is 0 Å². The molecule has 120 valence electrons. The zero-order valence-corrected chi connectivity index (χ0v) is 13.6. The first-order valence-electron chi connectivity index (χ1n) is 8.06. The maximum atomic E-state index is 12.2. The third-order valence-corrected chi connectivity index (χ3v) is 5.02. The molecular weight excluding hydrogens is 298 g/mol. The molecule has 1 aliphatic heterocycles. The van der Waals surface area contributed by atoms with Gasteiger partial charge in [0, 0.05) is 38.6 Å². The second kappa shape index (κ2) is 7.13. The van der Waals surface area contributed by atoms with E-state index in [1.165, 1.54) is 5.56 Å². The molecule has 22 heavy (non-hydrogen) atoms. The average molecular weight is 321 g/mol. The lowest BCUT2D eigenvalue weighted by molar-refractivity contribution is -0.132. The molecule has 0 atom stereocenters. The number of carbonyl (C=O) groups is 2. The normalized spacial score (nSPS) is 18.9. The van der Waals surface area contributed by atoms with E-state index in [1.54, 1.807) is 11.3 Å². The summed E-state index contributed by atoms with van der Waals surface area (Å²) in [4.78, 5) is 28.1. The van der Waals surface area contributed by atoms with Crippen LogP contribution in [0.5, 0.6) is 0 Å². The Labute approximate surface area is 135 Å². The standard InChI is InChI=1S/C16H23N3O2S/c20-15(14-2-3-14)18-7-1-8-19(10-9-18)16(21)17-6-4-13-5-11-22-12-13/h5,11-12,14H,1-4,6-10H2,(H,17,21). The SMILES string of the molecule is O=C(NCCc1ccsc1)N1CCCN(C(=O)C2CC2)CC1. The van der Waals surface area contributed by atoms with Gasteiger partial charge in [0.2, 0.25) is 5.91 Å². The van der Waals surface area contributed by atoms with Crippen LogP contribution in [0.4, 0.5) is 4.79 Å². The minimum Gasteiger partial charge on any atom is -0.341 e. The van der Waals surface area contributed by atoms with E-state index >= 15 is 0 Å². The first kappa shape index (κ1) is 15.3. The van der Waals surface area contributed by atoms with Crippen molar-refractivity contribution < 1.29 is 9.59 Å². The van der Waals surface area contributed by atoms with Crippen molar-refractivity contribution in [1.82, 2.24) is 15.1 Å². The van der Waals surface area contributed by atoms with Gasteiger partial charge in [0.15, 0.2) is 0 Å². The third kappa shape index (κ3) is 4.00. The summed E-state index contributed by atoms with van der Waals surface area (Å²) in [6, 6.07) is 2.08. The number of urea groups is 1. The summed E-state index contributed by atoms with van der Waals surface area (Å²) < 4.78 is 0. The highest BCUT2D eigenvalue weighted by atomic mass is 32.1. The number of nitrogens with zero attached hydrogens (tertiary/aromatic N) is 2. The van der Waals surface area contributed by atoms with Crippen molar-refractivity contribution in [3.05, 3.63) is 22.4 Å². The smallest absolute Gasteiger partial charge is 0.317 e. The quantitative estimate of drug-likeness (QED) is 0.921. The van der Waals surface area contributed by atoms with Crippen molar-refractivity contribution in [2.75, 3.05) is 32.7 Å². The summed E-state index contributed by atoms with van der Waals surface area (Å²) in [6.07, 6.45) is 3.83. The maximum absolute atomic E-state index is 12.2. The number of thiophene rings is 1. The molecule has 3 rings (SSSR count). The van der Waals surface area contributed by atoms with Gasteiger partial charge in [-0.05, 0) is 48.1 Å². The van der Waals surface area contributed by atoms with E-state index in [0.29, 0.717) is 25.5 Å². The van der Waals surface area contributed by atoms with Gasteiger partial charge in [-0.1, -0.05) is 0 Å². The topological polar surface area (TPSA) is 52.7 Å². The molecule has 6 heteroatoms. The van der Waals surface area contributed by atoms with Gasteiger partial charge in [0.05, 0.1) is 0 Å². The van der Waals surface area contributed by atoms with Gasteiger partial charge in [-0.2, -0.15) is 11.3 Å². The second-order valence-electron chi connectivity index (χ2n) is 6.05. The van der Waals surface area contributed by atoms with E-state index in [-0.39, 0.29) is 11.9 Å². The number of rotatable bonds is 4. The number of carbonyl (C=O) groups excluding carboxylic acids is 2. The van der Waals surface area contributed by atoms with Gasteiger partial charge in [0.25, 0.3) is 0 Å². The number of hydrogen-bond acceptors (Lipinski definition) is 3. The lowest BCUT2D eigenvalue weighted by Gasteiger charge is -2.22. The molecule has 1 saturated heterocycles. The van der Waals surface area contributed by atoms with Crippen LogP contribution >= 0.6 is 11.3 Å². The first-order valence-corrected chi connectivity index (χ1v) is 9.01. The Morgan fingerprint density at radius 3 is 2.68 bits per heavy atom. The molecule has 1 saturated carbocycles. The van der Waals surface area contributed by atoms with Gasteiger partial charge in [-0.25, -0.2) is 4.79 Å². The fourth-order valence-corrected chi connectivity index (χ4v) is 3.49. The summed E-state index contributed by atoms with van der Waals surface area (Å²) >= 11 is 1.68. The molecule has 0 spiro atoms. The molecule has 0 unspecified atom stereocenters. The van der Waals surface area contributed by atoms with E-state index in [4.69, 9.17) is 0 Å². The molecule has 2 heterocycles. The van der Waals surface area contributed by atoms with Gasteiger partial charge in [-0.3, -0.25) is 4.79 Å². The largest absolute Gasteiger partial charge is 0.341 e. The summed E-state index contributed by atoms with van der Waals surface area (Å²) in [7, 11) is 0. The van der Waals surface area contributed by atoms with E-state index < -0.39 is 0 Å². The summed E-state index contributed by atoms with van der Waals surface area (Å²) in [6.45, 7) is 3.50. The Morgan fingerprint density at radius 1 is 1.18 bits per heavy atom. The second-order valence-corrected chi connectivity index (χ2v) is 6.83. The molecule has 0 aromatic carbocycles. The van der Waals surface area contributed by atoms with Crippen LogP contribution in [0.25, 0.3) is 0 Å². The summed E-state index contributed by atoms with van der Waals surface area (Å²) in [5.74, 6) is 0.561. The van der Waals surface area contributed by atoms with E-state index in [0.717, 1.165) is 38.8 Å². The van der Waals surface area contributed by atoms with Crippen molar-refractivity contribution in [2.24, 2.45) is 5.92 Å². The molecule has 0 radical (unpaired) electrons. The highest BCUT2D eigenvalue weighted by molar-refractivity contribution is 7.07. The molecule has 3 amide bonds. The lowest BCUT2D eigenvalue weighted by Crippen LogP contribution is -2.43. The zero-order valence-electron chi connectivity index (χ0n) is 12.8. The Morgan fingerprint density at radius 2 is 1.95 bits per heavy atom. The third-order valence-electron chi connectivity index (χ3n) is 4.29. The minimum atomic E-state index is -0.00375. The van der Waals surface area contributed by atoms with E-state index in [2.05, 4.69) is 22.1 Å². The number of amides is 3. The monoisotopic (exact) mass is 321 g/mol. The van der Waals surface area contributed by atoms with E-state index in [9.17, 15) is 9.59 Å². The van der Waals surface area contributed by atoms with Crippen LogP contribution in [0.15, 0.2) is 16.8 Å². The molecular formula is C16H23N3O2S. The Balaban J connectivity index is 1.41. The Hall–Kier alpha value is -1.56. The first-order chi connectivity index (χ1) is 10.7. The van der Waals surface area contributed by atoms with Crippen molar-refractivity contribution >= 4 is 23.3 Å². The van der Waals surface area contributed by atoms with Crippen LogP contribution in [-0.4, -0.2) is 54.5 Å². The van der Waals surface area contributed by atoms with Crippen LogP contribution in [0.2, 0.25) is 0 Å². The predicted octanol–water partition coefficient (Wildman–Crippen LogP) is 1.94. The van der Waals surface area contributed by atoms with Crippen molar-refractivity contribution in [3.63, 3.8) is 0 Å². The summed E-state index contributed by atoms with van der Waals surface area (Å²) in [5.41, 5.74) is 1.27. The highest BCUT2D eigenvalue weighted by Gasteiger charge is 2.34. The zero-order chi connectivity index (χ0) is 15.4. The predicted molar refractivity (Wildman–Crippen MR) is 86.9 cm³/mol. The molecule has 0 bridgehead atoms. The fourth-order valence-electron chi connectivity index (χ4n) is 2.79. The van der Waals surface area contributed by atoms with Gasteiger partial charge in [-0.15, -0.1) is 0 Å². The molecule has 1 aromatic heterocycles. The highest BCUT2D eigenvalue weighted by Crippen LogP contribution is 2.31. The lowest BCUT2D eigenvalue weighted by atomic mass is 10.2. The molecule has 1 aromatic rings. The molecule has 1 N–H and O–H groups in total. The molecule has 2 aliphatic rings. The van der Waals surface area contributed by atoms with Crippen LogP contribution in [0.3, 0.4) is 0 Å². The molecule has 5 nitrogen and oxygen atoms in total. The van der Waals surface area contributed by atoms with Crippen molar-refractivity contribution in [3.8, 4) is 0 Å².